The number of hydrogen-bond donors (Lipinski definition) is 2. The van der Waals surface area contributed by atoms with Gasteiger partial charge in [-0.05, 0) is 60.9 Å². The molecule has 0 aliphatic heterocycles. The van der Waals surface area contributed by atoms with Crippen molar-refractivity contribution < 1.29 is 9.84 Å². The molecule has 0 radical (unpaired) electrons. The summed E-state index contributed by atoms with van der Waals surface area (Å²) >= 11 is 0. The maximum Gasteiger partial charge on any atom is 0.160 e. The Hall–Kier alpha value is -3.26. The standard InChI is InChI=1S/C19H17N3O2/c1-11-6-15-16(7-12(11)2)22-19(21-15)14(10-20)8-13-4-5-18(24-3)17(23)9-13/h4-9,23H,1-3H3,(H,21,22)/b14-8-. The van der Waals surface area contributed by atoms with Gasteiger partial charge in [0.1, 0.15) is 11.9 Å². The van der Waals surface area contributed by atoms with Crippen LogP contribution in [-0.4, -0.2) is 22.2 Å². The molecule has 0 fully saturated rings. The molecule has 3 rings (SSSR count). The van der Waals surface area contributed by atoms with Crippen molar-refractivity contribution in [1.82, 2.24) is 9.97 Å². The fourth-order valence-electron chi connectivity index (χ4n) is 2.51. The molecule has 0 bridgehead atoms. The number of nitriles is 1. The van der Waals surface area contributed by atoms with Crippen LogP contribution in [0, 0.1) is 25.2 Å². The van der Waals surface area contributed by atoms with Gasteiger partial charge in [-0.3, -0.25) is 0 Å². The zero-order chi connectivity index (χ0) is 17.3. The smallest absolute Gasteiger partial charge is 0.160 e. The number of methoxy groups -OCH3 is 1. The van der Waals surface area contributed by atoms with Crippen LogP contribution in [0.1, 0.15) is 22.5 Å². The first-order valence-electron chi connectivity index (χ1n) is 7.48. The molecule has 0 saturated heterocycles. The highest BCUT2D eigenvalue weighted by molar-refractivity contribution is 5.90. The second-order valence-electron chi connectivity index (χ2n) is 5.64. The van der Waals surface area contributed by atoms with Crippen molar-refractivity contribution in [1.29, 1.82) is 5.26 Å². The Bertz CT molecular complexity index is 955. The third-order valence-corrected chi connectivity index (χ3v) is 3.99. The van der Waals surface area contributed by atoms with Crippen LogP contribution in [0.25, 0.3) is 22.7 Å². The van der Waals surface area contributed by atoms with E-state index in [1.165, 1.54) is 12.7 Å². The molecule has 0 spiro atoms. The first-order chi connectivity index (χ1) is 11.5. The minimum absolute atomic E-state index is 0.0272. The van der Waals surface area contributed by atoms with Crippen LogP contribution >= 0.6 is 0 Å². The van der Waals surface area contributed by atoms with Gasteiger partial charge in [-0.2, -0.15) is 5.26 Å². The Morgan fingerprint density at radius 2 is 2.00 bits per heavy atom. The van der Waals surface area contributed by atoms with Gasteiger partial charge in [0.05, 0.1) is 23.7 Å². The van der Waals surface area contributed by atoms with E-state index < -0.39 is 0 Å². The number of phenols is 1. The van der Waals surface area contributed by atoms with Gasteiger partial charge in [0.25, 0.3) is 0 Å². The van der Waals surface area contributed by atoms with Crippen molar-refractivity contribution in [2.75, 3.05) is 7.11 Å². The number of benzene rings is 2. The van der Waals surface area contributed by atoms with Gasteiger partial charge in [-0.1, -0.05) is 6.07 Å². The number of phenolic OH excluding ortho intramolecular Hbond substituents is 1. The average Bonchev–Trinajstić information content (AvgIpc) is 2.95. The number of nitrogens with one attached hydrogen (secondary N) is 1. The fourth-order valence-corrected chi connectivity index (χ4v) is 2.51. The van der Waals surface area contributed by atoms with E-state index >= 15 is 0 Å². The van der Waals surface area contributed by atoms with Crippen molar-refractivity contribution >= 4 is 22.7 Å². The number of hydrogen-bond acceptors (Lipinski definition) is 4. The van der Waals surface area contributed by atoms with E-state index in [1.54, 1.807) is 24.3 Å². The van der Waals surface area contributed by atoms with Crippen molar-refractivity contribution in [3.05, 3.63) is 52.8 Å². The summed E-state index contributed by atoms with van der Waals surface area (Å²) < 4.78 is 5.02. The molecular formula is C19H17N3O2. The maximum atomic E-state index is 9.86. The number of nitrogens with zero attached hydrogens (tertiary/aromatic N) is 2. The largest absolute Gasteiger partial charge is 0.504 e. The highest BCUT2D eigenvalue weighted by atomic mass is 16.5. The number of aromatic amines is 1. The van der Waals surface area contributed by atoms with Crippen LogP contribution < -0.4 is 4.74 Å². The summed E-state index contributed by atoms with van der Waals surface area (Å²) in [4.78, 5) is 7.69. The van der Waals surface area contributed by atoms with Crippen LogP contribution in [0.5, 0.6) is 11.5 Å². The molecule has 0 aliphatic rings. The number of aromatic hydroxyl groups is 1. The van der Waals surface area contributed by atoms with Gasteiger partial charge in [0.2, 0.25) is 0 Å². The molecule has 0 unspecified atom stereocenters. The molecule has 3 aromatic rings. The Morgan fingerprint density at radius 3 is 2.67 bits per heavy atom. The molecule has 120 valence electrons. The van der Waals surface area contributed by atoms with E-state index in [0.717, 1.165) is 16.6 Å². The molecule has 5 nitrogen and oxygen atoms in total. The van der Waals surface area contributed by atoms with Gasteiger partial charge in [0, 0.05) is 0 Å². The molecule has 0 amide bonds. The Kier molecular flexibility index (Phi) is 3.97. The predicted molar refractivity (Wildman–Crippen MR) is 93.7 cm³/mol. The van der Waals surface area contributed by atoms with Crippen LogP contribution in [0.4, 0.5) is 0 Å². The number of aromatic nitrogens is 2. The minimum Gasteiger partial charge on any atom is -0.504 e. The summed E-state index contributed by atoms with van der Waals surface area (Å²) in [6.07, 6.45) is 1.68. The van der Waals surface area contributed by atoms with E-state index in [2.05, 4.69) is 16.0 Å². The Labute approximate surface area is 139 Å². The molecule has 2 N–H and O–H groups in total. The van der Waals surface area contributed by atoms with E-state index in [9.17, 15) is 10.4 Å². The van der Waals surface area contributed by atoms with Crippen molar-refractivity contribution in [3.8, 4) is 17.6 Å². The molecule has 1 heterocycles. The molecule has 0 saturated carbocycles. The number of ether oxygens (including phenoxy) is 1. The fraction of sp³-hybridized carbons (Fsp3) is 0.158. The lowest BCUT2D eigenvalue weighted by atomic mass is 10.1. The first-order valence-corrected chi connectivity index (χ1v) is 7.48. The lowest BCUT2D eigenvalue weighted by Crippen LogP contribution is -1.86. The molecule has 0 aliphatic carbocycles. The number of imidazole rings is 1. The highest BCUT2D eigenvalue weighted by Gasteiger charge is 2.10. The van der Waals surface area contributed by atoms with Gasteiger partial charge in [-0.15, -0.1) is 0 Å². The van der Waals surface area contributed by atoms with Crippen LogP contribution in [-0.2, 0) is 0 Å². The van der Waals surface area contributed by atoms with E-state index in [-0.39, 0.29) is 5.75 Å². The number of fused-ring (bicyclic) bond motifs is 1. The number of H-pyrrole nitrogens is 1. The SMILES string of the molecule is COc1ccc(/C=C(/C#N)c2nc3cc(C)c(C)cc3[nH]2)cc1O. The lowest BCUT2D eigenvalue weighted by molar-refractivity contribution is 0.373. The highest BCUT2D eigenvalue weighted by Crippen LogP contribution is 2.28. The van der Waals surface area contributed by atoms with Crippen molar-refractivity contribution in [2.24, 2.45) is 0 Å². The Morgan fingerprint density at radius 1 is 1.25 bits per heavy atom. The molecule has 2 aromatic carbocycles. The normalized spacial score (nSPS) is 11.5. The maximum absolute atomic E-state index is 9.86. The number of aryl methyl sites for hydroxylation is 2. The van der Waals surface area contributed by atoms with Gasteiger partial charge in [-0.25, -0.2) is 4.98 Å². The monoisotopic (exact) mass is 319 g/mol. The third-order valence-electron chi connectivity index (χ3n) is 3.99. The zero-order valence-electron chi connectivity index (χ0n) is 13.7. The Balaban J connectivity index is 2.05. The predicted octanol–water partition coefficient (Wildman–Crippen LogP) is 3.96. The molecule has 0 atom stereocenters. The molecule has 24 heavy (non-hydrogen) atoms. The molecular weight excluding hydrogens is 302 g/mol. The lowest BCUT2D eigenvalue weighted by Gasteiger charge is -2.03. The first kappa shape index (κ1) is 15.6. The summed E-state index contributed by atoms with van der Waals surface area (Å²) in [7, 11) is 1.49. The zero-order valence-corrected chi connectivity index (χ0v) is 13.7. The number of rotatable bonds is 3. The topological polar surface area (TPSA) is 81.9 Å². The average molecular weight is 319 g/mol. The van der Waals surface area contributed by atoms with Gasteiger partial charge < -0.3 is 14.8 Å². The summed E-state index contributed by atoms with van der Waals surface area (Å²) in [5.74, 6) is 0.924. The quantitative estimate of drug-likeness (QED) is 0.716. The van der Waals surface area contributed by atoms with Crippen molar-refractivity contribution in [3.63, 3.8) is 0 Å². The van der Waals surface area contributed by atoms with Gasteiger partial charge in [0.15, 0.2) is 11.5 Å². The van der Waals surface area contributed by atoms with Gasteiger partial charge >= 0.3 is 0 Å². The third kappa shape index (κ3) is 2.82. The van der Waals surface area contributed by atoms with Crippen LogP contribution in [0.15, 0.2) is 30.3 Å². The van der Waals surface area contributed by atoms with Crippen molar-refractivity contribution in [2.45, 2.75) is 13.8 Å². The second-order valence-corrected chi connectivity index (χ2v) is 5.64. The summed E-state index contributed by atoms with van der Waals surface area (Å²) in [5, 5.41) is 19.3. The van der Waals surface area contributed by atoms with E-state index in [4.69, 9.17) is 4.74 Å². The number of allylic oxidation sites excluding steroid dienone is 1. The summed E-state index contributed by atoms with van der Waals surface area (Å²) in [6, 6.07) is 11.2. The van der Waals surface area contributed by atoms with Crippen LogP contribution in [0.3, 0.4) is 0 Å². The summed E-state index contributed by atoms with van der Waals surface area (Å²) in [5.41, 5.74) is 5.13. The van der Waals surface area contributed by atoms with E-state index in [0.29, 0.717) is 22.7 Å². The van der Waals surface area contributed by atoms with Crippen LogP contribution in [0.2, 0.25) is 0 Å². The molecule has 5 heteroatoms. The second kappa shape index (κ2) is 6.09. The van der Waals surface area contributed by atoms with E-state index in [1.807, 2.05) is 26.0 Å². The molecule has 1 aromatic heterocycles. The minimum atomic E-state index is 0.0272. The summed E-state index contributed by atoms with van der Waals surface area (Å²) in [6.45, 7) is 4.07.